The quantitative estimate of drug-likeness (QED) is 0.671. The molecule has 1 amide bonds. The highest BCUT2D eigenvalue weighted by Crippen LogP contribution is 2.21. The fraction of sp³-hybridized carbons (Fsp3) is 0.150. The molecular formula is C20H17BrFN3O2. The summed E-state index contributed by atoms with van der Waals surface area (Å²) in [5, 5.41) is 7.07. The number of nitrogens with one attached hydrogen (secondary N) is 1. The van der Waals surface area contributed by atoms with Gasteiger partial charge in [-0.1, -0.05) is 15.9 Å². The van der Waals surface area contributed by atoms with Gasteiger partial charge in [-0.2, -0.15) is 5.10 Å². The predicted molar refractivity (Wildman–Crippen MR) is 106 cm³/mol. The lowest BCUT2D eigenvalue weighted by molar-refractivity contribution is -0.119. The molecule has 0 fully saturated rings. The molecule has 0 aliphatic heterocycles. The smallest absolute Gasteiger partial charge is 0.267 e. The Labute approximate surface area is 164 Å². The Bertz CT molecular complexity index is 1050. The molecule has 1 atom stereocenters. The van der Waals surface area contributed by atoms with Crippen molar-refractivity contribution in [2.75, 3.05) is 5.32 Å². The molecule has 27 heavy (non-hydrogen) atoms. The Morgan fingerprint density at radius 3 is 2.52 bits per heavy atom. The van der Waals surface area contributed by atoms with Crippen molar-refractivity contribution in [1.82, 2.24) is 9.78 Å². The van der Waals surface area contributed by atoms with Crippen LogP contribution in [0.4, 0.5) is 10.1 Å². The Balaban J connectivity index is 1.86. The summed E-state index contributed by atoms with van der Waals surface area (Å²) in [6.07, 6.45) is 0. The number of amides is 1. The van der Waals surface area contributed by atoms with Gasteiger partial charge in [0, 0.05) is 21.8 Å². The SMILES string of the molecule is Cc1cc(NC(=O)C(C)n2nc(-c3ccc(F)cc3)ccc2=O)ccc1Br. The maximum Gasteiger partial charge on any atom is 0.267 e. The number of hydrogen-bond acceptors (Lipinski definition) is 3. The summed E-state index contributed by atoms with van der Waals surface area (Å²) in [4.78, 5) is 24.8. The fourth-order valence-corrected chi connectivity index (χ4v) is 2.80. The standard InChI is InChI=1S/C20H17BrFN3O2/c1-12-11-16(7-8-17(12)21)23-20(27)13(2)25-19(26)10-9-18(24-25)14-3-5-15(22)6-4-14/h3-11,13H,1-2H3,(H,23,27). The first-order chi connectivity index (χ1) is 12.8. The van der Waals surface area contributed by atoms with E-state index < -0.39 is 11.6 Å². The van der Waals surface area contributed by atoms with Crippen LogP contribution in [-0.2, 0) is 4.79 Å². The average Bonchev–Trinajstić information content (AvgIpc) is 2.65. The van der Waals surface area contributed by atoms with Crippen molar-refractivity contribution in [3.05, 3.63) is 80.8 Å². The van der Waals surface area contributed by atoms with Gasteiger partial charge >= 0.3 is 0 Å². The number of nitrogens with zero attached hydrogens (tertiary/aromatic N) is 2. The number of carbonyl (C=O) groups excluding carboxylic acids is 1. The molecule has 1 N–H and O–H groups in total. The molecule has 0 aliphatic carbocycles. The van der Waals surface area contributed by atoms with Gasteiger partial charge in [0.25, 0.3) is 5.56 Å². The van der Waals surface area contributed by atoms with Gasteiger partial charge in [0.15, 0.2) is 0 Å². The Morgan fingerprint density at radius 2 is 1.85 bits per heavy atom. The van der Waals surface area contributed by atoms with E-state index in [1.807, 2.05) is 19.1 Å². The minimum atomic E-state index is -0.818. The molecule has 0 saturated carbocycles. The van der Waals surface area contributed by atoms with Crippen LogP contribution < -0.4 is 10.9 Å². The zero-order valence-electron chi connectivity index (χ0n) is 14.7. The highest BCUT2D eigenvalue weighted by molar-refractivity contribution is 9.10. The van der Waals surface area contributed by atoms with Gasteiger partial charge in [-0.05, 0) is 67.9 Å². The van der Waals surface area contributed by atoms with E-state index in [9.17, 15) is 14.0 Å². The molecule has 3 aromatic rings. The molecule has 0 bridgehead atoms. The van der Waals surface area contributed by atoms with Crippen LogP contribution in [0.5, 0.6) is 0 Å². The second-order valence-corrected chi connectivity index (χ2v) is 6.99. The van der Waals surface area contributed by atoms with E-state index in [-0.39, 0.29) is 11.7 Å². The van der Waals surface area contributed by atoms with Gasteiger partial charge in [-0.3, -0.25) is 9.59 Å². The van der Waals surface area contributed by atoms with E-state index >= 15 is 0 Å². The van der Waals surface area contributed by atoms with E-state index in [1.54, 1.807) is 31.2 Å². The first-order valence-electron chi connectivity index (χ1n) is 8.28. The second-order valence-electron chi connectivity index (χ2n) is 6.14. The summed E-state index contributed by atoms with van der Waals surface area (Å²) in [7, 11) is 0. The summed E-state index contributed by atoms with van der Waals surface area (Å²) < 4.78 is 15.2. The van der Waals surface area contributed by atoms with Crippen LogP contribution >= 0.6 is 15.9 Å². The summed E-state index contributed by atoms with van der Waals surface area (Å²) in [6, 6.07) is 13.3. The Kier molecular flexibility index (Phi) is 5.51. The fourth-order valence-electron chi connectivity index (χ4n) is 2.56. The largest absolute Gasteiger partial charge is 0.324 e. The van der Waals surface area contributed by atoms with E-state index in [1.165, 1.54) is 18.2 Å². The highest BCUT2D eigenvalue weighted by atomic mass is 79.9. The molecule has 1 aromatic heterocycles. The number of hydrogen-bond donors (Lipinski definition) is 1. The minimum absolute atomic E-state index is 0.357. The van der Waals surface area contributed by atoms with Crippen molar-refractivity contribution < 1.29 is 9.18 Å². The molecule has 3 rings (SSSR count). The third-order valence-corrected chi connectivity index (χ3v) is 5.03. The van der Waals surface area contributed by atoms with Gasteiger partial charge in [-0.25, -0.2) is 9.07 Å². The predicted octanol–water partition coefficient (Wildman–Crippen LogP) is 4.32. The molecular weight excluding hydrogens is 413 g/mol. The van der Waals surface area contributed by atoms with Gasteiger partial charge in [-0.15, -0.1) is 0 Å². The van der Waals surface area contributed by atoms with Crippen LogP contribution in [0.25, 0.3) is 11.3 Å². The zero-order valence-corrected chi connectivity index (χ0v) is 16.3. The van der Waals surface area contributed by atoms with Crippen LogP contribution in [0.3, 0.4) is 0 Å². The van der Waals surface area contributed by atoms with E-state index in [0.29, 0.717) is 16.9 Å². The van der Waals surface area contributed by atoms with Crippen molar-refractivity contribution in [3.8, 4) is 11.3 Å². The highest BCUT2D eigenvalue weighted by Gasteiger charge is 2.18. The number of carbonyl (C=O) groups is 1. The monoisotopic (exact) mass is 429 g/mol. The molecule has 0 radical (unpaired) electrons. The van der Waals surface area contributed by atoms with Crippen molar-refractivity contribution in [1.29, 1.82) is 0 Å². The summed E-state index contributed by atoms with van der Waals surface area (Å²) in [5.74, 6) is -0.716. The molecule has 5 nitrogen and oxygen atoms in total. The minimum Gasteiger partial charge on any atom is -0.324 e. The van der Waals surface area contributed by atoms with Crippen LogP contribution in [0.2, 0.25) is 0 Å². The van der Waals surface area contributed by atoms with E-state index in [4.69, 9.17) is 0 Å². The van der Waals surface area contributed by atoms with Crippen molar-refractivity contribution >= 4 is 27.5 Å². The first-order valence-corrected chi connectivity index (χ1v) is 9.07. The molecule has 0 saturated heterocycles. The van der Waals surface area contributed by atoms with Gasteiger partial charge in [0.2, 0.25) is 5.91 Å². The third-order valence-electron chi connectivity index (χ3n) is 4.14. The summed E-state index contributed by atoms with van der Waals surface area (Å²) >= 11 is 3.41. The van der Waals surface area contributed by atoms with Crippen molar-refractivity contribution in [2.24, 2.45) is 0 Å². The van der Waals surface area contributed by atoms with E-state index in [2.05, 4.69) is 26.3 Å². The molecule has 0 aliphatic rings. The molecule has 1 unspecified atom stereocenters. The number of halogens is 2. The zero-order chi connectivity index (χ0) is 19.6. The summed E-state index contributed by atoms with van der Waals surface area (Å²) in [5.41, 5.74) is 2.36. The number of rotatable bonds is 4. The molecule has 1 heterocycles. The number of aromatic nitrogens is 2. The maximum absolute atomic E-state index is 13.1. The lowest BCUT2D eigenvalue weighted by Crippen LogP contribution is -2.33. The number of aryl methyl sites for hydroxylation is 1. The Morgan fingerprint density at radius 1 is 1.15 bits per heavy atom. The first kappa shape index (κ1) is 19.0. The van der Waals surface area contributed by atoms with Crippen molar-refractivity contribution in [3.63, 3.8) is 0 Å². The molecule has 7 heteroatoms. The molecule has 2 aromatic carbocycles. The summed E-state index contributed by atoms with van der Waals surface area (Å²) in [6.45, 7) is 3.52. The lowest BCUT2D eigenvalue weighted by atomic mass is 10.1. The molecule has 0 spiro atoms. The third kappa shape index (κ3) is 4.31. The molecule has 138 valence electrons. The number of anilines is 1. The van der Waals surface area contributed by atoms with Crippen LogP contribution in [0.1, 0.15) is 18.5 Å². The number of benzene rings is 2. The lowest BCUT2D eigenvalue weighted by Gasteiger charge is -2.15. The Hall–Kier alpha value is -2.80. The normalized spacial score (nSPS) is 11.9. The maximum atomic E-state index is 13.1. The average molecular weight is 430 g/mol. The van der Waals surface area contributed by atoms with Crippen molar-refractivity contribution in [2.45, 2.75) is 19.9 Å². The van der Waals surface area contributed by atoms with Gasteiger partial charge < -0.3 is 5.32 Å². The van der Waals surface area contributed by atoms with Crippen LogP contribution in [0.15, 0.2) is 63.9 Å². The topological polar surface area (TPSA) is 64.0 Å². The van der Waals surface area contributed by atoms with Crippen LogP contribution in [0, 0.1) is 12.7 Å². The van der Waals surface area contributed by atoms with Gasteiger partial charge in [0.1, 0.15) is 11.9 Å². The van der Waals surface area contributed by atoms with Gasteiger partial charge in [0.05, 0.1) is 5.69 Å². The van der Waals surface area contributed by atoms with Crippen LogP contribution in [-0.4, -0.2) is 15.7 Å². The second kappa shape index (κ2) is 7.84. The van der Waals surface area contributed by atoms with E-state index in [0.717, 1.165) is 14.7 Å².